The summed E-state index contributed by atoms with van der Waals surface area (Å²) in [6, 6.07) is 19.3. The van der Waals surface area contributed by atoms with E-state index in [1.165, 1.54) is 7.11 Å². The van der Waals surface area contributed by atoms with Crippen molar-refractivity contribution in [3.8, 4) is 5.75 Å². The van der Waals surface area contributed by atoms with E-state index in [-0.39, 0.29) is 17.2 Å². The van der Waals surface area contributed by atoms with Crippen LogP contribution in [0.2, 0.25) is 5.02 Å². The second-order valence-corrected chi connectivity index (χ2v) is 8.57. The van der Waals surface area contributed by atoms with Crippen LogP contribution in [0.15, 0.2) is 66.7 Å². The number of rotatable bonds is 5. The van der Waals surface area contributed by atoms with E-state index in [2.05, 4.69) is 31.4 Å². The molecule has 5 nitrogen and oxygen atoms in total. The topological polar surface area (TPSA) is 67.4 Å². The van der Waals surface area contributed by atoms with Gasteiger partial charge in [0.25, 0.3) is 11.8 Å². The lowest BCUT2D eigenvalue weighted by atomic mass is 9.87. The number of benzene rings is 3. The Balaban J connectivity index is 1.69. The smallest absolute Gasteiger partial charge is 0.255 e. The molecular formula is C25H25ClN2O3. The number of methoxy groups -OCH3 is 1. The molecule has 160 valence electrons. The minimum atomic E-state index is -0.314. The first-order chi connectivity index (χ1) is 14.7. The maximum Gasteiger partial charge on any atom is 0.255 e. The molecular weight excluding hydrogens is 412 g/mol. The standard InChI is InChI=1S/C25H25ClN2O3/c1-25(2,3)18-11-8-16(9-12-18)23(29)27-19-6-5-7-20(15-19)28-24(30)17-10-13-22(31-4)21(26)14-17/h5-15H,1-4H3,(H,27,29)(H,28,30). The van der Waals surface area contributed by atoms with Gasteiger partial charge in [-0.25, -0.2) is 0 Å². The number of hydrogen-bond acceptors (Lipinski definition) is 3. The fourth-order valence-electron chi connectivity index (χ4n) is 3.01. The predicted octanol–water partition coefficient (Wildman–Crippen LogP) is 6.15. The Labute approximate surface area is 187 Å². The molecule has 0 heterocycles. The molecule has 3 aromatic carbocycles. The molecule has 0 aliphatic carbocycles. The number of carbonyl (C=O) groups excluding carboxylic acids is 2. The molecule has 0 bridgehead atoms. The maximum atomic E-state index is 12.6. The van der Waals surface area contributed by atoms with Crippen LogP contribution in [0.4, 0.5) is 11.4 Å². The van der Waals surface area contributed by atoms with E-state index in [1.54, 1.807) is 42.5 Å². The Morgan fingerprint density at radius 2 is 1.35 bits per heavy atom. The summed E-state index contributed by atoms with van der Waals surface area (Å²) in [5.41, 5.74) is 3.28. The van der Waals surface area contributed by atoms with Crippen LogP contribution in [0.1, 0.15) is 47.1 Å². The molecule has 0 radical (unpaired) electrons. The third kappa shape index (κ3) is 5.64. The molecule has 3 aromatic rings. The fraction of sp³-hybridized carbons (Fsp3) is 0.200. The lowest BCUT2D eigenvalue weighted by Crippen LogP contribution is -2.15. The summed E-state index contributed by atoms with van der Waals surface area (Å²) < 4.78 is 5.11. The van der Waals surface area contributed by atoms with Crippen LogP contribution in [-0.2, 0) is 5.41 Å². The van der Waals surface area contributed by atoms with Crippen molar-refractivity contribution in [3.63, 3.8) is 0 Å². The number of carbonyl (C=O) groups is 2. The van der Waals surface area contributed by atoms with Crippen molar-refractivity contribution in [3.05, 3.63) is 88.4 Å². The van der Waals surface area contributed by atoms with Gasteiger partial charge in [-0.05, 0) is 59.5 Å². The van der Waals surface area contributed by atoms with Gasteiger partial charge in [0.2, 0.25) is 0 Å². The van der Waals surface area contributed by atoms with Crippen molar-refractivity contribution in [2.75, 3.05) is 17.7 Å². The summed E-state index contributed by atoms with van der Waals surface area (Å²) >= 11 is 6.10. The second-order valence-electron chi connectivity index (χ2n) is 8.17. The van der Waals surface area contributed by atoms with Crippen LogP contribution >= 0.6 is 11.6 Å². The molecule has 0 aliphatic rings. The van der Waals surface area contributed by atoms with Gasteiger partial charge in [-0.15, -0.1) is 0 Å². The van der Waals surface area contributed by atoms with Gasteiger partial charge in [-0.2, -0.15) is 0 Å². The molecule has 31 heavy (non-hydrogen) atoms. The SMILES string of the molecule is COc1ccc(C(=O)Nc2cccc(NC(=O)c3ccc(C(C)(C)C)cc3)c2)cc1Cl. The number of amides is 2. The third-order valence-corrected chi connectivity index (χ3v) is 5.10. The van der Waals surface area contributed by atoms with Gasteiger partial charge in [0.1, 0.15) is 5.75 Å². The highest BCUT2D eigenvalue weighted by Gasteiger charge is 2.15. The van der Waals surface area contributed by atoms with E-state index in [9.17, 15) is 9.59 Å². The van der Waals surface area contributed by atoms with Gasteiger partial charge in [-0.1, -0.05) is 50.6 Å². The molecule has 3 rings (SSSR count). The van der Waals surface area contributed by atoms with Crippen molar-refractivity contribution in [2.24, 2.45) is 0 Å². The summed E-state index contributed by atoms with van der Waals surface area (Å²) in [4.78, 5) is 25.1. The number of halogens is 1. The van der Waals surface area contributed by atoms with Gasteiger partial charge >= 0.3 is 0 Å². The normalized spacial score (nSPS) is 11.0. The van der Waals surface area contributed by atoms with Crippen molar-refractivity contribution in [1.29, 1.82) is 0 Å². The molecule has 2 amide bonds. The summed E-state index contributed by atoms with van der Waals surface area (Å²) in [6.07, 6.45) is 0. The first-order valence-corrected chi connectivity index (χ1v) is 10.2. The number of hydrogen-bond donors (Lipinski definition) is 2. The molecule has 0 aliphatic heterocycles. The van der Waals surface area contributed by atoms with E-state index < -0.39 is 0 Å². The van der Waals surface area contributed by atoms with Gasteiger partial charge in [-0.3, -0.25) is 9.59 Å². The Morgan fingerprint density at radius 1 is 0.806 bits per heavy atom. The quantitative estimate of drug-likeness (QED) is 0.504. The minimum absolute atomic E-state index is 0.0235. The highest BCUT2D eigenvalue weighted by Crippen LogP contribution is 2.26. The largest absolute Gasteiger partial charge is 0.495 e. The zero-order valence-corrected chi connectivity index (χ0v) is 18.7. The van der Waals surface area contributed by atoms with Crippen LogP contribution in [-0.4, -0.2) is 18.9 Å². The Bertz CT molecular complexity index is 1100. The second kappa shape index (κ2) is 9.23. The summed E-state index contributed by atoms with van der Waals surface area (Å²) in [7, 11) is 1.51. The molecule has 0 atom stereocenters. The average molecular weight is 437 g/mol. The van der Waals surface area contributed by atoms with Crippen molar-refractivity contribution >= 4 is 34.8 Å². The molecule has 0 spiro atoms. The van der Waals surface area contributed by atoms with Crippen molar-refractivity contribution in [2.45, 2.75) is 26.2 Å². The van der Waals surface area contributed by atoms with Crippen LogP contribution in [0, 0.1) is 0 Å². The van der Waals surface area contributed by atoms with Crippen LogP contribution in [0.25, 0.3) is 0 Å². The Hall–Kier alpha value is -3.31. The first-order valence-electron chi connectivity index (χ1n) is 9.84. The maximum absolute atomic E-state index is 12.6. The van der Waals surface area contributed by atoms with Crippen LogP contribution < -0.4 is 15.4 Å². The Morgan fingerprint density at radius 3 is 1.87 bits per heavy atom. The highest BCUT2D eigenvalue weighted by molar-refractivity contribution is 6.32. The summed E-state index contributed by atoms with van der Waals surface area (Å²) in [6.45, 7) is 6.38. The fourth-order valence-corrected chi connectivity index (χ4v) is 3.27. The van der Waals surface area contributed by atoms with Crippen LogP contribution in [0.3, 0.4) is 0 Å². The van der Waals surface area contributed by atoms with Gasteiger partial charge in [0, 0.05) is 22.5 Å². The van der Waals surface area contributed by atoms with Gasteiger partial charge in [0.05, 0.1) is 12.1 Å². The lowest BCUT2D eigenvalue weighted by molar-refractivity contribution is 0.101. The summed E-state index contributed by atoms with van der Waals surface area (Å²) in [5.74, 6) is -0.0323. The lowest BCUT2D eigenvalue weighted by Gasteiger charge is -2.19. The molecule has 0 saturated carbocycles. The number of nitrogens with one attached hydrogen (secondary N) is 2. The monoisotopic (exact) mass is 436 g/mol. The van der Waals surface area contributed by atoms with Crippen LogP contribution in [0.5, 0.6) is 5.75 Å². The van der Waals surface area contributed by atoms with Gasteiger partial charge < -0.3 is 15.4 Å². The van der Waals surface area contributed by atoms with Crippen molar-refractivity contribution < 1.29 is 14.3 Å². The van der Waals surface area contributed by atoms with E-state index >= 15 is 0 Å². The van der Waals surface area contributed by atoms with E-state index in [0.717, 1.165) is 5.56 Å². The van der Waals surface area contributed by atoms with Gasteiger partial charge in [0.15, 0.2) is 0 Å². The highest BCUT2D eigenvalue weighted by atomic mass is 35.5. The first kappa shape index (κ1) is 22.4. The number of anilines is 2. The minimum Gasteiger partial charge on any atom is -0.495 e. The third-order valence-electron chi connectivity index (χ3n) is 4.81. The zero-order valence-electron chi connectivity index (χ0n) is 18.0. The number of ether oxygens (including phenoxy) is 1. The summed E-state index contributed by atoms with van der Waals surface area (Å²) in [5, 5.41) is 6.03. The molecule has 0 aromatic heterocycles. The Kier molecular flexibility index (Phi) is 6.66. The molecule has 0 saturated heterocycles. The molecule has 6 heteroatoms. The van der Waals surface area contributed by atoms with E-state index in [4.69, 9.17) is 16.3 Å². The van der Waals surface area contributed by atoms with E-state index in [0.29, 0.717) is 33.3 Å². The molecule has 0 fully saturated rings. The zero-order chi connectivity index (χ0) is 22.6. The molecule has 2 N–H and O–H groups in total. The van der Waals surface area contributed by atoms with E-state index in [1.807, 2.05) is 24.3 Å². The predicted molar refractivity (Wildman–Crippen MR) is 125 cm³/mol. The molecule has 0 unspecified atom stereocenters. The average Bonchev–Trinajstić information content (AvgIpc) is 2.73. The van der Waals surface area contributed by atoms with Crippen molar-refractivity contribution in [1.82, 2.24) is 0 Å².